The molecule has 2 N–H and O–H groups in total. The third-order valence-electron chi connectivity index (χ3n) is 2.14. The topological polar surface area (TPSA) is 56.0 Å². The van der Waals surface area contributed by atoms with Crippen LogP contribution in [0, 0.1) is 17.4 Å². The van der Waals surface area contributed by atoms with Gasteiger partial charge < -0.3 is 10.4 Å². The Bertz CT molecular complexity index is 141. The van der Waals surface area contributed by atoms with E-state index < -0.39 is 0 Å². The molecule has 2 unspecified atom stereocenters. The molecule has 1 fully saturated rings. The van der Waals surface area contributed by atoms with Gasteiger partial charge in [-0.05, 0) is 12.8 Å². The summed E-state index contributed by atoms with van der Waals surface area (Å²) in [7, 11) is 0. The van der Waals surface area contributed by atoms with E-state index in [0.717, 1.165) is 19.3 Å². The van der Waals surface area contributed by atoms with E-state index in [9.17, 15) is 0 Å². The Morgan fingerprint density at radius 1 is 1.60 bits per heavy atom. The number of aliphatic hydroxyl groups is 1. The predicted molar refractivity (Wildman–Crippen MR) is 37.0 cm³/mol. The summed E-state index contributed by atoms with van der Waals surface area (Å²) in [5.74, 6) is 0.305. The molecule has 0 spiro atoms. The lowest BCUT2D eigenvalue weighted by atomic mass is 10.1. The molecular formula is C7H12N2O. The zero-order valence-electron chi connectivity index (χ0n) is 5.88. The molecule has 1 rings (SSSR count). The van der Waals surface area contributed by atoms with E-state index in [1.807, 2.05) is 6.19 Å². The van der Waals surface area contributed by atoms with Gasteiger partial charge in [0.15, 0.2) is 6.19 Å². The fourth-order valence-corrected chi connectivity index (χ4v) is 1.53. The van der Waals surface area contributed by atoms with Crippen molar-refractivity contribution in [1.29, 1.82) is 5.26 Å². The lowest BCUT2D eigenvalue weighted by molar-refractivity contribution is 0.211. The van der Waals surface area contributed by atoms with Crippen LogP contribution in [0.5, 0.6) is 0 Å². The van der Waals surface area contributed by atoms with Crippen molar-refractivity contribution < 1.29 is 5.11 Å². The molecule has 0 aromatic heterocycles. The molecule has 0 aliphatic heterocycles. The van der Waals surface area contributed by atoms with Gasteiger partial charge in [-0.1, -0.05) is 6.42 Å². The van der Waals surface area contributed by atoms with Crippen LogP contribution >= 0.6 is 0 Å². The first kappa shape index (κ1) is 7.36. The van der Waals surface area contributed by atoms with Crippen LogP contribution in [-0.2, 0) is 0 Å². The van der Waals surface area contributed by atoms with Crippen molar-refractivity contribution in [2.75, 3.05) is 6.61 Å². The molecule has 1 aliphatic carbocycles. The number of nitrogens with one attached hydrogen (secondary N) is 1. The lowest BCUT2D eigenvalue weighted by Gasteiger charge is -2.14. The SMILES string of the molecule is N#CNC1CCCC1CO. The Balaban J connectivity index is 2.36. The quantitative estimate of drug-likeness (QED) is 0.426. The summed E-state index contributed by atoms with van der Waals surface area (Å²) < 4.78 is 0. The molecule has 1 saturated carbocycles. The van der Waals surface area contributed by atoms with E-state index >= 15 is 0 Å². The summed E-state index contributed by atoms with van der Waals surface area (Å²) in [4.78, 5) is 0. The highest BCUT2D eigenvalue weighted by atomic mass is 16.3. The third-order valence-corrected chi connectivity index (χ3v) is 2.14. The van der Waals surface area contributed by atoms with Crippen molar-refractivity contribution in [2.24, 2.45) is 5.92 Å². The second-order valence-electron chi connectivity index (χ2n) is 2.74. The number of aliphatic hydroxyl groups excluding tert-OH is 1. The minimum absolute atomic E-state index is 0.208. The van der Waals surface area contributed by atoms with E-state index in [4.69, 9.17) is 10.4 Å². The highest BCUT2D eigenvalue weighted by Gasteiger charge is 2.25. The van der Waals surface area contributed by atoms with Gasteiger partial charge in [-0.25, -0.2) is 0 Å². The number of hydrogen-bond acceptors (Lipinski definition) is 3. The fraction of sp³-hybridized carbons (Fsp3) is 0.857. The Morgan fingerprint density at radius 3 is 3.00 bits per heavy atom. The van der Waals surface area contributed by atoms with E-state index in [1.54, 1.807) is 0 Å². The number of nitrogens with zero attached hydrogens (tertiary/aromatic N) is 1. The molecule has 3 nitrogen and oxygen atoms in total. The third kappa shape index (κ3) is 1.39. The maximum absolute atomic E-state index is 8.81. The Morgan fingerprint density at radius 2 is 2.40 bits per heavy atom. The fourth-order valence-electron chi connectivity index (χ4n) is 1.53. The van der Waals surface area contributed by atoms with Crippen LogP contribution in [0.25, 0.3) is 0 Å². The molecule has 0 bridgehead atoms. The van der Waals surface area contributed by atoms with Gasteiger partial charge in [0.05, 0.1) is 0 Å². The van der Waals surface area contributed by atoms with Crippen molar-refractivity contribution in [3.8, 4) is 6.19 Å². The van der Waals surface area contributed by atoms with Gasteiger partial charge in [0.25, 0.3) is 0 Å². The summed E-state index contributed by atoms with van der Waals surface area (Å²) >= 11 is 0. The predicted octanol–water partition coefficient (Wildman–Crippen LogP) is 0.218. The minimum Gasteiger partial charge on any atom is -0.396 e. The molecular weight excluding hydrogens is 128 g/mol. The summed E-state index contributed by atoms with van der Waals surface area (Å²) in [5, 5.41) is 19.8. The summed E-state index contributed by atoms with van der Waals surface area (Å²) in [6, 6.07) is 0.231. The van der Waals surface area contributed by atoms with E-state index in [1.165, 1.54) is 0 Å². The van der Waals surface area contributed by atoms with Gasteiger partial charge in [0, 0.05) is 18.6 Å². The van der Waals surface area contributed by atoms with Crippen molar-refractivity contribution in [3.05, 3.63) is 0 Å². The molecule has 3 heteroatoms. The van der Waals surface area contributed by atoms with Crippen molar-refractivity contribution in [3.63, 3.8) is 0 Å². The molecule has 56 valence electrons. The second kappa shape index (κ2) is 3.43. The molecule has 10 heavy (non-hydrogen) atoms. The van der Waals surface area contributed by atoms with Crippen molar-refractivity contribution in [2.45, 2.75) is 25.3 Å². The highest BCUT2D eigenvalue weighted by molar-refractivity contribution is 4.86. The van der Waals surface area contributed by atoms with Gasteiger partial charge in [-0.15, -0.1) is 0 Å². The molecule has 1 aliphatic rings. The van der Waals surface area contributed by atoms with Crippen LogP contribution < -0.4 is 5.32 Å². The van der Waals surface area contributed by atoms with Gasteiger partial charge in [-0.2, -0.15) is 5.26 Å². The molecule has 0 radical (unpaired) electrons. The first-order valence-corrected chi connectivity index (χ1v) is 3.64. The standard InChI is InChI=1S/C7H12N2O/c8-5-9-7-3-1-2-6(7)4-10/h6-7,9-10H,1-4H2. The zero-order valence-corrected chi connectivity index (χ0v) is 5.88. The van der Waals surface area contributed by atoms with E-state index in [0.29, 0.717) is 5.92 Å². The maximum atomic E-state index is 8.81. The van der Waals surface area contributed by atoms with Crippen molar-refractivity contribution in [1.82, 2.24) is 5.32 Å². The average Bonchev–Trinajstić information content (AvgIpc) is 2.36. The first-order chi connectivity index (χ1) is 4.88. The molecule has 0 heterocycles. The molecule has 0 aromatic carbocycles. The molecule has 0 aromatic rings. The highest BCUT2D eigenvalue weighted by Crippen LogP contribution is 2.24. The Kier molecular flexibility index (Phi) is 2.52. The molecule has 0 amide bonds. The summed E-state index contributed by atoms with van der Waals surface area (Å²) in [5.41, 5.74) is 0. The summed E-state index contributed by atoms with van der Waals surface area (Å²) in [6.07, 6.45) is 5.12. The van der Waals surface area contributed by atoms with Crippen LogP contribution in [0.1, 0.15) is 19.3 Å². The van der Waals surface area contributed by atoms with E-state index in [-0.39, 0.29) is 12.6 Å². The Hall–Kier alpha value is -0.750. The monoisotopic (exact) mass is 140 g/mol. The maximum Gasteiger partial charge on any atom is 0.176 e. The van der Waals surface area contributed by atoms with Crippen LogP contribution in [-0.4, -0.2) is 17.8 Å². The van der Waals surface area contributed by atoms with Crippen LogP contribution in [0.3, 0.4) is 0 Å². The van der Waals surface area contributed by atoms with Gasteiger partial charge in [0.2, 0.25) is 0 Å². The number of hydrogen-bond donors (Lipinski definition) is 2. The molecule has 2 atom stereocenters. The average molecular weight is 140 g/mol. The number of nitriles is 1. The van der Waals surface area contributed by atoms with Crippen LogP contribution in [0.4, 0.5) is 0 Å². The second-order valence-corrected chi connectivity index (χ2v) is 2.74. The molecule has 0 saturated heterocycles. The van der Waals surface area contributed by atoms with Gasteiger partial charge in [-0.3, -0.25) is 0 Å². The summed E-state index contributed by atoms with van der Waals surface area (Å²) in [6.45, 7) is 0.208. The van der Waals surface area contributed by atoms with Gasteiger partial charge >= 0.3 is 0 Å². The zero-order chi connectivity index (χ0) is 7.40. The Labute approximate surface area is 60.7 Å². The van der Waals surface area contributed by atoms with Crippen molar-refractivity contribution >= 4 is 0 Å². The van der Waals surface area contributed by atoms with Gasteiger partial charge in [0.1, 0.15) is 0 Å². The largest absolute Gasteiger partial charge is 0.396 e. The van der Waals surface area contributed by atoms with Crippen LogP contribution in [0.2, 0.25) is 0 Å². The van der Waals surface area contributed by atoms with E-state index in [2.05, 4.69) is 5.32 Å². The first-order valence-electron chi connectivity index (χ1n) is 3.64. The normalized spacial score (nSPS) is 31.6. The minimum atomic E-state index is 0.208. The smallest absolute Gasteiger partial charge is 0.176 e. The van der Waals surface area contributed by atoms with Crippen LogP contribution in [0.15, 0.2) is 0 Å². The number of rotatable bonds is 2. The lowest BCUT2D eigenvalue weighted by Crippen LogP contribution is -2.30.